The first kappa shape index (κ1) is 10.8. The van der Waals surface area contributed by atoms with Crippen molar-refractivity contribution in [2.45, 2.75) is 6.42 Å². The smallest absolute Gasteiger partial charge is 0.0443 e. The lowest BCUT2D eigenvalue weighted by Gasteiger charge is -2.19. The largest absolute Gasteiger partial charge is 0.396 e. The quantitative estimate of drug-likeness (QED) is 0.429. The van der Waals surface area contributed by atoms with Crippen LogP contribution in [0.3, 0.4) is 0 Å². The summed E-state index contributed by atoms with van der Waals surface area (Å²) in [6, 6.07) is 0. The monoisotopic (exact) mass is 161 g/mol. The molecule has 0 radical (unpaired) electrons. The van der Waals surface area contributed by atoms with Gasteiger partial charge in [-0.1, -0.05) is 0 Å². The molecule has 0 saturated heterocycles. The Morgan fingerprint density at radius 2 is 1.55 bits per heavy atom. The lowest BCUT2D eigenvalue weighted by atomic mass is 10.3. The zero-order valence-electron chi connectivity index (χ0n) is 7.00. The van der Waals surface area contributed by atoms with Gasteiger partial charge in [0.05, 0.1) is 0 Å². The van der Waals surface area contributed by atoms with Crippen molar-refractivity contribution < 1.29 is 5.11 Å². The molecule has 0 bridgehead atoms. The van der Waals surface area contributed by atoms with Crippen LogP contribution in [-0.2, 0) is 0 Å². The molecule has 0 heterocycles. The predicted octanol–water partition coefficient (Wildman–Crippen LogP) is -1.41. The molecule has 0 unspecified atom stereocenters. The molecule has 5 N–H and O–H groups in total. The molecule has 0 amide bonds. The SMILES string of the molecule is NCCN(CCN)CCCO. The van der Waals surface area contributed by atoms with Crippen LogP contribution in [0.15, 0.2) is 0 Å². The number of nitrogens with zero attached hydrogens (tertiary/aromatic N) is 1. The molecular formula is C7H19N3O. The van der Waals surface area contributed by atoms with Crippen molar-refractivity contribution in [3.63, 3.8) is 0 Å². The molecule has 0 aromatic rings. The number of hydrogen-bond acceptors (Lipinski definition) is 4. The summed E-state index contributed by atoms with van der Waals surface area (Å²) >= 11 is 0. The summed E-state index contributed by atoms with van der Waals surface area (Å²) in [4.78, 5) is 2.16. The molecule has 0 aliphatic carbocycles. The Labute approximate surface area is 68.2 Å². The zero-order valence-corrected chi connectivity index (χ0v) is 7.00. The summed E-state index contributed by atoms with van der Waals surface area (Å²) in [5.41, 5.74) is 10.8. The average Bonchev–Trinajstić information content (AvgIpc) is 2.01. The van der Waals surface area contributed by atoms with E-state index >= 15 is 0 Å². The highest BCUT2D eigenvalue weighted by Crippen LogP contribution is 1.88. The van der Waals surface area contributed by atoms with E-state index < -0.39 is 0 Å². The summed E-state index contributed by atoms with van der Waals surface area (Å²) in [6.45, 7) is 4.20. The summed E-state index contributed by atoms with van der Waals surface area (Å²) in [6.07, 6.45) is 0.806. The number of rotatable bonds is 7. The first-order valence-electron chi connectivity index (χ1n) is 4.08. The van der Waals surface area contributed by atoms with E-state index in [1.807, 2.05) is 0 Å². The summed E-state index contributed by atoms with van der Waals surface area (Å²) in [7, 11) is 0. The summed E-state index contributed by atoms with van der Waals surface area (Å²) in [5, 5.41) is 8.56. The topological polar surface area (TPSA) is 75.5 Å². The van der Waals surface area contributed by atoms with Gasteiger partial charge in [0, 0.05) is 39.3 Å². The van der Waals surface area contributed by atoms with Crippen molar-refractivity contribution in [3.05, 3.63) is 0 Å². The van der Waals surface area contributed by atoms with E-state index in [1.54, 1.807) is 0 Å². The Hall–Kier alpha value is -0.160. The van der Waals surface area contributed by atoms with E-state index in [9.17, 15) is 0 Å². The van der Waals surface area contributed by atoms with Gasteiger partial charge in [0.15, 0.2) is 0 Å². The van der Waals surface area contributed by atoms with E-state index in [2.05, 4.69) is 4.90 Å². The molecule has 0 aromatic carbocycles. The maximum Gasteiger partial charge on any atom is 0.0443 e. The molecule has 0 fully saturated rings. The van der Waals surface area contributed by atoms with Crippen LogP contribution in [-0.4, -0.2) is 49.3 Å². The number of aliphatic hydroxyl groups is 1. The van der Waals surface area contributed by atoms with Crippen molar-refractivity contribution in [1.29, 1.82) is 0 Å². The third-order valence-electron chi connectivity index (χ3n) is 1.52. The molecule has 4 heteroatoms. The van der Waals surface area contributed by atoms with Gasteiger partial charge in [-0.2, -0.15) is 0 Å². The first-order chi connectivity index (χ1) is 5.35. The van der Waals surface area contributed by atoms with Gasteiger partial charge in [-0.15, -0.1) is 0 Å². The Morgan fingerprint density at radius 3 is 1.91 bits per heavy atom. The number of aliphatic hydroxyl groups excluding tert-OH is 1. The minimum atomic E-state index is 0.242. The van der Waals surface area contributed by atoms with Gasteiger partial charge >= 0.3 is 0 Å². The van der Waals surface area contributed by atoms with Crippen molar-refractivity contribution in [1.82, 2.24) is 4.90 Å². The molecule has 0 saturated carbocycles. The number of nitrogens with two attached hydrogens (primary N) is 2. The van der Waals surface area contributed by atoms with Crippen LogP contribution < -0.4 is 11.5 Å². The van der Waals surface area contributed by atoms with E-state index in [4.69, 9.17) is 16.6 Å². The van der Waals surface area contributed by atoms with Crippen LogP contribution in [0.2, 0.25) is 0 Å². The fraction of sp³-hybridized carbons (Fsp3) is 1.00. The highest BCUT2D eigenvalue weighted by atomic mass is 16.3. The van der Waals surface area contributed by atoms with Crippen molar-refractivity contribution >= 4 is 0 Å². The van der Waals surface area contributed by atoms with Gasteiger partial charge in [-0.3, -0.25) is 0 Å². The fourth-order valence-electron chi connectivity index (χ4n) is 0.995. The van der Waals surface area contributed by atoms with Gasteiger partial charge < -0.3 is 21.5 Å². The lowest BCUT2D eigenvalue weighted by molar-refractivity contribution is 0.230. The highest BCUT2D eigenvalue weighted by molar-refractivity contribution is 4.57. The third-order valence-corrected chi connectivity index (χ3v) is 1.52. The maximum atomic E-state index is 8.56. The van der Waals surface area contributed by atoms with Crippen LogP contribution in [0.4, 0.5) is 0 Å². The minimum absolute atomic E-state index is 0.242. The average molecular weight is 161 g/mol. The predicted molar refractivity (Wildman–Crippen MR) is 46.3 cm³/mol. The van der Waals surface area contributed by atoms with Gasteiger partial charge in [0.25, 0.3) is 0 Å². The molecule has 4 nitrogen and oxygen atoms in total. The van der Waals surface area contributed by atoms with Crippen LogP contribution in [0.1, 0.15) is 6.42 Å². The van der Waals surface area contributed by atoms with E-state index in [0.29, 0.717) is 13.1 Å². The maximum absolute atomic E-state index is 8.56. The van der Waals surface area contributed by atoms with E-state index in [0.717, 1.165) is 26.1 Å². The Morgan fingerprint density at radius 1 is 1.00 bits per heavy atom. The van der Waals surface area contributed by atoms with Crippen LogP contribution >= 0.6 is 0 Å². The third kappa shape index (κ3) is 6.25. The molecule has 0 atom stereocenters. The number of hydrogen-bond donors (Lipinski definition) is 3. The Bertz CT molecular complexity index is 74.1. The van der Waals surface area contributed by atoms with Crippen LogP contribution in [0.25, 0.3) is 0 Å². The molecular weight excluding hydrogens is 142 g/mol. The fourth-order valence-corrected chi connectivity index (χ4v) is 0.995. The minimum Gasteiger partial charge on any atom is -0.396 e. The van der Waals surface area contributed by atoms with Crippen molar-refractivity contribution in [2.24, 2.45) is 11.5 Å². The molecule has 0 spiro atoms. The van der Waals surface area contributed by atoms with Crippen molar-refractivity contribution in [2.75, 3.05) is 39.3 Å². The standard InChI is InChI=1S/C7H19N3O/c8-2-5-10(6-3-9)4-1-7-11/h11H,1-9H2. The van der Waals surface area contributed by atoms with Gasteiger partial charge in [-0.05, 0) is 6.42 Å². The van der Waals surface area contributed by atoms with Gasteiger partial charge in [-0.25, -0.2) is 0 Å². The van der Waals surface area contributed by atoms with E-state index in [1.165, 1.54) is 0 Å². The second-order valence-corrected chi connectivity index (χ2v) is 2.50. The highest BCUT2D eigenvalue weighted by Gasteiger charge is 2.00. The molecule has 0 aliphatic rings. The van der Waals surface area contributed by atoms with E-state index in [-0.39, 0.29) is 6.61 Å². The summed E-state index contributed by atoms with van der Waals surface area (Å²) < 4.78 is 0. The van der Waals surface area contributed by atoms with Gasteiger partial charge in [0.1, 0.15) is 0 Å². The first-order valence-corrected chi connectivity index (χ1v) is 4.08. The second-order valence-electron chi connectivity index (χ2n) is 2.50. The van der Waals surface area contributed by atoms with Gasteiger partial charge in [0.2, 0.25) is 0 Å². The molecule has 0 aromatic heterocycles. The second kappa shape index (κ2) is 7.94. The Balaban J connectivity index is 3.34. The molecule has 0 aliphatic heterocycles. The normalized spacial score (nSPS) is 10.9. The van der Waals surface area contributed by atoms with Crippen LogP contribution in [0, 0.1) is 0 Å². The molecule has 68 valence electrons. The lowest BCUT2D eigenvalue weighted by Crippen LogP contribution is -2.34. The molecule has 0 rings (SSSR count). The van der Waals surface area contributed by atoms with Crippen LogP contribution in [0.5, 0.6) is 0 Å². The Kier molecular flexibility index (Phi) is 7.83. The molecule has 11 heavy (non-hydrogen) atoms. The zero-order chi connectivity index (χ0) is 8.53. The summed E-state index contributed by atoms with van der Waals surface area (Å²) in [5.74, 6) is 0. The van der Waals surface area contributed by atoms with Crippen molar-refractivity contribution in [3.8, 4) is 0 Å².